The number of rotatable bonds is 4. The Morgan fingerprint density at radius 3 is 3.14 bits per heavy atom. The smallest absolute Gasteiger partial charge is 0.228 e. The molecule has 0 unspecified atom stereocenters. The Bertz CT molecular complexity index is 621. The zero-order valence-electron chi connectivity index (χ0n) is 12.3. The second kappa shape index (κ2) is 5.99. The first-order chi connectivity index (χ1) is 10.2. The SMILES string of the molecule is COC[C@H]1CN(C(=O)Cc2cccs2)Cc2ncn(C)c21. The molecular weight excluding hydrogens is 286 g/mol. The fourth-order valence-electron chi connectivity index (χ4n) is 2.93. The van der Waals surface area contributed by atoms with Crippen molar-refractivity contribution in [3.63, 3.8) is 0 Å². The van der Waals surface area contributed by atoms with Crippen molar-refractivity contribution in [1.82, 2.24) is 14.5 Å². The number of amides is 1. The van der Waals surface area contributed by atoms with E-state index in [0.717, 1.165) is 10.6 Å². The van der Waals surface area contributed by atoms with Crippen molar-refractivity contribution in [3.8, 4) is 0 Å². The fourth-order valence-corrected chi connectivity index (χ4v) is 3.62. The lowest BCUT2D eigenvalue weighted by Gasteiger charge is -2.32. The number of carbonyl (C=O) groups is 1. The van der Waals surface area contributed by atoms with Crippen LogP contribution < -0.4 is 0 Å². The zero-order chi connectivity index (χ0) is 14.8. The van der Waals surface area contributed by atoms with Crippen LogP contribution in [0.1, 0.15) is 22.2 Å². The molecule has 1 amide bonds. The number of nitrogens with zero attached hydrogens (tertiary/aromatic N) is 3. The highest BCUT2D eigenvalue weighted by Crippen LogP contribution is 2.28. The van der Waals surface area contributed by atoms with E-state index < -0.39 is 0 Å². The van der Waals surface area contributed by atoms with E-state index in [1.807, 2.05) is 40.4 Å². The molecule has 0 fully saturated rings. The minimum Gasteiger partial charge on any atom is -0.384 e. The lowest BCUT2D eigenvalue weighted by atomic mass is 9.98. The highest BCUT2D eigenvalue weighted by molar-refractivity contribution is 7.10. The van der Waals surface area contributed by atoms with Crippen molar-refractivity contribution in [1.29, 1.82) is 0 Å². The molecule has 0 radical (unpaired) electrons. The van der Waals surface area contributed by atoms with E-state index in [9.17, 15) is 4.79 Å². The van der Waals surface area contributed by atoms with Crippen LogP contribution in [0.15, 0.2) is 23.8 Å². The van der Waals surface area contributed by atoms with Crippen molar-refractivity contribution in [3.05, 3.63) is 40.1 Å². The summed E-state index contributed by atoms with van der Waals surface area (Å²) < 4.78 is 7.36. The summed E-state index contributed by atoms with van der Waals surface area (Å²) in [5, 5.41) is 2.00. The van der Waals surface area contributed by atoms with Gasteiger partial charge in [0, 0.05) is 37.2 Å². The van der Waals surface area contributed by atoms with Gasteiger partial charge in [-0.05, 0) is 11.4 Å². The van der Waals surface area contributed by atoms with Gasteiger partial charge in [-0.15, -0.1) is 11.3 Å². The lowest BCUT2D eigenvalue weighted by molar-refractivity contribution is -0.132. The number of ether oxygens (including phenoxy) is 1. The molecule has 112 valence electrons. The predicted octanol–water partition coefficient (Wildman–Crippen LogP) is 1.80. The molecule has 1 aliphatic heterocycles. The van der Waals surface area contributed by atoms with Crippen molar-refractivity contribution >= 4 is 17.2 Å². The second-order valence-corrected chi connectivity index (χ2v) is 6.40. The van der Waals surface area contributed by atoms with Crippen molar-refractivity contribution in [2.24, 2.45) is 7.05 Å². The minimum atomic E-state index is 0.162. The number of methoxy groups -OCH3 is 1. The van der Waals surface area contributed by atoms with Gasteiger partial charge in [0.15, 0.2) is 0 Å². The predicted molar refractivity (Wildman–Crippen MR) is 81.3 cm³/mol. The molecule has 6 heteroatoms. The van der Waals surface area contributed by atoms with E-state index in [2.05, 4.69) is 4.98 Å². The number of thiophene rings is 1. The Labute approximate surface area is 128 Å². The van der Waals surface area contributed by atoms with Crippen LogP contribution in [0.2, 0.25) is 0 Å². The van der Waals surface area contributed by atoms with Crippen LogP contribution in [-0.2, 0) is 29.5 Å². The molecular formula is C15H19N3O2S. The van der Waals surface area contributed by atoms with Gasteiger partial charge >= 0.3 is 0 Å². The monoisotopic (exact) mass is 305 g/mol. The van der Waals surface area contributed by atoms with Gasteiger partial charge in [0.1, 0.15) is 0 Å². The molecule has 2 aromatic heterocycles. The molecule has 0 saturated carbocycles. The lowest BCUT2D eigenvalue weighted by Crippen LogP contribution is -2.40. The number of aromatic nitrogens is 2. The number of aryl methyl sites for hydroxylation is 1. The first-order valence-electron chi connectivity index (χ1n) is 6.98. The molecule has 1 atom stereocenters. The third kappa shape index (κ3) is 2.87. The second-order valence-electron chi connectivity index (χ2n) is 5.37. The van der Waals surface area contributed by atoms with Gasteiger partial charge in [-0.2, -0.15) is 0 Å². The molecule has 5 nitrogen and oxygen atoms in total. The molecule has 0 N–H and O–H groups in total. The molecule has 0 aliphatic carbocycles. The number of hydrogen-bond donors (Lipinski definition) is 0. The zero-order valence-corrected chi connectivity index (χ0v) is 13.1. The van der Waals surface area contributed by atoms with Gasteiger partial charge in [-0.3, -0.25) is 4.79 Å². The van der Waals surface area contributed by atoms with Gasteiger partial charge in [0.25, 0.3) is 0 Å². The molecule has 0 aromatic carbocycles. The minimum absolute atomic E-state index is 0.162. The van der Waals surface area contributed by atoms with E-state index in [1.54, 1.807) is 18.4 Å². The van der Waals surface area contributed by atoms with Crippen LogP contribution in [0.3, 0.4) is 0 Å². The molecule has 1 aliphatic rings. The highest BCUT2D eigenvalue weighted by Gasteiger charge is 2.31. The first kappa shape index (κ1) is 14.3. The Balaban J connectivity index is 1.78. The van der Waals surface area contributed by atoms with Crippen LogP contribution in [-0.4, -0.2) is 40.6 Å². The molecule has 3 heterocycles. The average Bonchev–Trinajstić information content (AvgIpc) is 3.09. The van der Waals surface area contributed by atoms with E-state index in [-0.39, 0.29) is 11.8 Å². The largest absolute Gasteiger partial charge is 0.384 e. The summed E-state index contributed by atoms with van der Waals surface area (Å²) in [7, 11) is 3.69. The Morgan fingerprint density at radius 2 is 2.43 bits per heavy atom. The van der Waals surface area contributed by atoms with Crippen LogP contribution in [0, 0.1) is 0 Å². The van der Waals surface area contributed by atoms with Gasteiger partial charge in [-0.25, -0.2) is 4.98 Å². The van der Waals surface area contributed by atoms with Crippen LogP contribution in [0.5, 0.6) is 0 Å². The number of fused-ring (bicyclic) bond motifs is 1. The standard InChI is InChI=1S/C15H19N3O2S/c1-17-10-16-13-8-18(7-11(9-20-2)15(13)17)14(19)6-12-4-3-5-21-12/h3-5,10-11H,6-9H2,1-2H3/t11-/m1/s1. The third-order valence-electron chi connectivity index (χ3n) is 3.86. The van der Waals surface area contributed by atoms with Crippen molar-refractivity contribution < 1.29 is 9.53 Å². The summed E-state index contributed by atoms with van der Waals surface area (Å²) in [4.78, 5) is 19.9. The Hall–Kier alpha value is -1.66. The van der Waals surface area contributed by atoms with Crippen molar-refractivity contribution in [2.45, 2.75) is 18.9 Å². The summed E-state index contributed by atoms with van der Waals surface area (Å²) in [6.07, 6.45) is 2.29. The summed E-state index contributed by atoms with van der Waals surface area (Å²) in [5.41, 5.74) is 2.18. The van der Waals surface area contributed by atoms with Crippen LogP contribution in [0.4, 0.5) is 0 Å². The summed E-state index contributed by atoms with van der Waals surface area (Å²) >= 11 is 1.62. The number of carbonyl (C=O) groups excluding carboxylic acids is 1. The first-order valence-corrected chi connectivity index (χ1v) is 7.86. The van der Waals surface area contributed by atoms with Gasteiger partial charge in [0.05, 0.1) is 31.6 Å². The third-order valence-corrected chi connectivity index (χ3v) is 4.73. The highest BCUT2D eigenvalue weighted by atomic mass is 32.1. The van der Waals surface area contributed by atoms with E-state index in [1.165, 1.54) is 5.69 Å². The van der Waals surface area contributed by atoms with E-state index in [0.29, 0.717) is 26.1 Å². The van der Waals surface area contributed by atoms with Crippen molar-refractivity contribution in [2.75, 3.05) is 20.3 Å². The van der Waals surface area contributed by atoms with Crippen LogP contribution >= 0.6 is 11.3 Å². The molecule has 0 spiro atoms. The molecule has 21 heavy (non-hydrogen) atoms. The van der Waals surface area contributed by atoms with Crippen LogP contribution in [0.25, 0.3) is 0 Å². The van der Waals surface area contributed by atoms with E-state index >= 15 is 0 Å². The fraction of sp³-hybridized carbons (Fsp3) is 0.467. The molecule has 0 saturated heterocycles. The summed E-state index contributed by atoms with van der Waals surface area (Å²) in [5.74, 6) is 0.355. The van der Waals surface area contributed by atoms with Gasteiger partial charge in [-0.1, -0.05) is 6.07 Å². The summed E-state index contributed by atoms with van der Waals surface area (Å²) in [6, 6.07) is 3.99. The number of imidazole rings is 1. The number of hydrogen-bond acceptors (Lipinski definition) is 4. The van der Waals surface area contributed by atoms with Gasteiger partial charge < -0.3 is 14.2 Å². The van der Waals surface area contributed by atoms with Gasteiger partial charge in [0.2, 0.25) is 5.91 Å². The summed E-state index contributed by atoms with van der Waals surface area (Å²) in [6.45, 7) is 1.90. The quantitative estimate of drug-likeness (QED) is 0.865. The maximum Gasteiger partial charge on any atom is 0.228 e. The molecule has 3 rings (SSSR count). The normalized spacial score (nSPS) is 17.8. The molecule has 0 bridgehead atoms. The topological polar surface area (TPSA) is 47.4 Å². The average molecular weight is 305 g/mol. The maximum atomic E-state index is 12.5. The maximum absolute atomic E-state index is 12.5. The molecule has 2 aromatic rings. The Morgan fingerprint density at radius 1 is 1.57 bits per heavy atom. The van der Waals surface area contributed by atoms with E-state index in [4.69, 9.17) is 4.74 Å². The Kier molecular flexibility index (Phi) is 4.07.